The van der Waals surface area contributed by atoms with Crippen LogP contribution < -0.4 is 10.9 Å². The number of fused-ring (bicyclic) bond motifs is 1. The molecule has 0 radical (unpaired) electrons. The number of rotatable bonds is 5. The SMILES string of the molecule is O=C(CCc1nc2ccccc2[nH]c1=O)Nc1cccc(-n2cnnn2)c1. The van der Waals surface area contributed by atoms with E-state index in [0.717, 1.165) is 5.69 Å². The van der Waals surface area contributed by atoms with Crippen molar-refractivity contribution in [1.29, 1.82) is 0 Å². The summed E-state index contributed by atoms with van der Waals surface area (Å²) in [5.74, 6) is -0.210. The molecular weight excluding hydrogens is 346 g/mol. The van der Waals surface area contributed by atoms with Crippen LogP contribution in [0.15, 0.2) is 59.7 Å². The molecule has 0 spiro atoms. The average molecular weight is 361 g/mol. The molecule has 2 heterocycles. The molecule has 0 aliphatic rings. The lowest BCUT2D eigenvalue weighted by molar-refractivity contribution is -0.116. The Morgan fingerprint density at radius 2 is 2.04 bits per heavy atom. The number of carbonyl (C=O) groups excluding carboxylic acids is 1. The van der Waals surface area contributed by atoms with Crippen LogP contribution >= 0.6 is 0 Å². The number of benzene rings is 2. The number of amides is 1. The molecule has 134 valence electrons. The Bertz CT molecular complexity index is 1150. The standard InChI is InChI=1S/C18H15N7O2/c26-17(20-12-4-3-5-13(10-12)25-11-19-23-24-25)9-8-16-18(27)22-15-7-2-1-6-14(15)21-16/h1-7,10-11H,8-9H2,(H,20,26)(H,22,27). The Morgan fingerprint density at radius 3 is 2.89 bits per heavy atom. The Hall–Kier alpha value is -3.88. The topological polar surface area (TPSA) is 118 Å². The van der Waals surface area contributed by atoms with Crippen LogP contribution in [-0.2, 0) is 11.2 Å². The fourth-order valence-electron chi connectivity index (χ4n) is 2.70. The second-order valence-corrected chi connectivity index (χ2v) is 5.88. The number of anilines is 1. The largest absolute Gasteiger partial charge is 0.326 e. The number of aromatic nitrogens is 6. The van der Waals surface area contributed by atoms with Gasteiger partial charge < -0.3 is 10.3 Å². The molecule has 9 heteroatoms. The van der Waals surface area contributed by atoms with Crippen molar-refractivity contribution >= 4 is 22.6 Å². The van der Waals surface area contributed by atoms with Gasteiger partial charge in [-0.1, -0.05) is 18.2 Å². The van der Waals surface area contributed by atoms with E-state index in [1.165, 1.54) is 11.0 Å². The summed E-state index contributed by atoms with van der Waals surface area (Å²) in [6.45, 7) is 0. The van der Waals surface area contributed by atoms with Gasteiger partial charge in [-0.15, -0.1) is 5.10 Å². The zero-order valence-corrected chi connectivity index (χ0v) is 14.2. The highest BCUT2D eigenvalue weighted by molar-refractivity contribution is 5.91. The highest BCUT2D eigenvalue weighted by Crippen LogP contribution is 2.14. The van der Waals surface area contributed by atoms with Crippen molar-refractivity contribution in [1.82, 2.24) is 30.2 Å². The molecule has 1 amide bonds. The molecule has 27 heavy (non-hydrogen) atoms. The predicted octanol–water partition coefficient (Wildman–Crippen LogP) is 1.47. The number of tetrazole rings is 1. The van der Waals surface area contributed by atoms with Crippen molar-refractivity contribution in [2.75, 3.05) is 5.32 Å². The van der Waals surface area contributed by atoms with Crippen molar-refractivity contribution < 1.29 is 4.79 Å². The van der Waals surface area contributed by atoms with E-state index in [4.69, 9.17) is 0 Å². The highest BCUT2D eigenvalue weighted by Gasteiger charge is 2.09. The number of carbonyl (C=O) groups is 1. The van der Waals surface area contributed by atoms with Gasteiger partial charge in [-0.05, 0) is 40.8 Å². The third-order valence-corrected chi connectivity index (χ3v) is 4.00. The molecule has 2 aromatic heterocycles. The Morgan fingerprint density at radius 1 is 1.15 bits per heavy atom. The van der Waals surface area contributed by atoms with Gasteiger partial charge in [0, 0.05) is 18.5 Å². The minimum absolute atomic E-state index is 0.142. The maximum Gasteiger partial charge on any atom is 0.270 e. The normalized spacial score (nSPS) is 10.8. The van der Waals surface area contributed by atoms with E-state index in [0.29, 0.717) is 22.4 Å². The number of nitrogens with zero attached hydrogens (tertiary/aromatic N) is 5. The lowest BCUT2D eigenvalue weighted by Gasteiger charge is -2.07. The summed E-state index contributed by atoms with van der Waals surface area (Å²) in [6, 6.07) is 14.4. The van der Waals surface area contributed by atoms with Crippen LogP contribution in [0.5, 0.6) is 0 Å². The molecule has 0 saturated heterocycles. The first-order valence-electron chi connectivity index (χ1n) is 8.30. The van der Waals surface area contributed by atoms with E-state index >= 15 is 0 Å². The number of para-hydroxylation sites is 2. The maximum atomic E-state index is 12.3. The first-order valence-corrected chi connectivity index (χ1v) is 8.30. The summed E-state index contributed by atoms with van der Waals surface area (Å²) in [6.07, 6.45) is 1.86. The Balaban J connectivity index is 1.44. The fraction of sp³-hybridized carbons (Fsp3) is 0.111. The van der Waals surface area contributed by atoms with Gasteiger partial charge in [0.05, 0.1) is 16.7 Å². The average Bonchev–Trinajstić information content (AvgIpc) is 3.21. The smallest absolute Gasteiger partial charge is 0.270 e. The number of H-pyrrole nitrogens is 1. The van der Waals surface area contributed by atoms with Gasteiger partial charge in [0.1, 0.15) is 12.0 Å². The summed E-state index contributed by atoms with van der Waals surface area (Å²) >= 11 is 0. The molecule has 0 bridgehead atoms. The fourth-order valence-corrected chi connectivity index (χ4v) is 2.70. The van der Waals surface area contributed by atoms with E-state index in [-0.39, 0.29) is 24.3 Å². The van der Waals surface area contributed by atoms with Crippen molar-refractivity contribution in [3.8, 4) is 5.69 Å². The van der Waals surface area contributed by atoms with Gasteiger partial charge in [0.2, 0.25) is 5.91 Å². The van der Waals surface area contributed by atoms with Crippen LogP contribution in [0, 0.1) is 0 Å². The number of aromatic amines is 1. The number of nitrogens with one attached hydrogen (secondary N) is 2. The minimum atomic E-state index is -0.276. The molecule has 0 aliphatic heterocycles. The second kappa shape index (κ2) is 7.16. The predicted molar refractivity (Wildman–Crippen MR) is 98.5 cm³/mol. The lowest BCUT2D eigenvalue weighted by Crippen LogP contribution is -2.19. The van der Waals surface area contributed by atoms with E-state index < -0.39 is 0 Å². The van der Waals surface area contributed by atoms with Crippen LogP contribution in [-0.4, -0.2) is 36.1 Å². The van der Waals surface area contributed by atoms with Gasteiger partial charge in [-0.2, -0.15) is 0 Å². The molecule has 0 unspecified atom stereocenters. The van der Waals surface area contributed by atoms with Gasteiger partial charge >= 0.3 is 0 Å². The van der Waals surface area contributed by atoms with E-state index in [9.17, 15) is 9.59 Å². The van der Waals surface area contributed by atoms with Crippen LogP contribution in [0.2, 0.25) is 0 Å². The van der Waals surface area contributed by atoms with Crippen LogP contribution in [0.3, 0.4) is 0 Å². The van der Waals surface area contributed by atoms with Crippen LogP contribution in [0.4, 0.5) is 5.69 Å². The zero-order valence-electron chi connectivity index (χ0n) is 14.2. The molecule has 4 rings (SSSR count). The molecule has 0 aliphatic carbocycles. The molecule has 4 aromatic rings. The van der Waals surface area contributed by atoms with E-state index in [1.807, 2.05) is 24.3 Å². The summed E-state index contributed by atoms with van der Waals surface area (Å²) in [5, 5.41) is 13.8. The Kier molecular flexibility index (Phi) is 4.40. The summed E-state index contributed by atoms with van der Waals surface area (Å²) in [4.78, 5) is 31.5. The number of hydrogen-bond acceptors (Lipinski definition) is 6. The molecule has 0 atom stereocenters. The summed E-state index contributed by atoms with van der Waals surface area (Å²) < 4.78 is 1.49. The van der Waals surface area contributed by atoms with Crippen LogP contribution in [0.25, 0.3) is 16.7 Å². The molecule has 2 aromatic carbocycles. The lowest BCUT2D eigenvalue weighted by atomic mass is 10.2. The first-order chi connectivity index (χ1) is 13.2. The molecule has 0 fully saturated rings. The highest BCUT2D eigenvalue weighted by atomic mass is 16.1. The van der Waals surface area contributed by atoms with Crippen molar-refractivity contribution in [3.63, 3.8) is 0 Å². The first kappa shape index (κ1) is 16.6. The van der Waals surface area contributed by atoms with Gasteiger partial charge in [-0.25, -0.2) is 9.67 Å². The van der Waals surface area contributed by atoms with Crippen LogP contribution in [0.1, 0.15) is 12.1 Å². The van der Waals surface area contributed by atoms with Gasteiger partial charge in [-0.3, -0.25) is 9.59 Å². The monoisotopic (exact) mass is 361 g/mol. The van der Waals surface area contributed by atoms with Crippen molar-refractivity contribution in [3.05, 3.63) is 70.9 Å². The molecular formula is C18H15N7O2. The Labute approximate surface area is 153 Å². The zero-order chi connectivity index (χ0) is 18.6. The molecule has 2 N–H and O–H groups in total. The third kappa shape index (κ3) is 3.71. The minimum Gasteiger partial charge on any atom is -0.326 e. The molecule has 0 saturated carbocycles. The van der Waals surface area contributed by atoms with Crippen molar-refractivity contribution in [2.45, 2.75) is 12.8 Å². The van der Waals surface area contributed by atoms with Crippen molar-refractivity contribution in [2.24, 2.45) is 0 Å². The summed E-state index contributed by atoms with van der Waals surface area (Å²) in [7, 11) is 0. The quantitative estimate of drug-likeness (QED) is 0.556. The maximum absolute atomic E-state index is 12.3. The number of aryl methyl sites for hydroxylation is 1. The second-order valence-electron chi connectivity index (χ2n) is 5.88. The summed E-state index contributed by atoms with van der Waals surface area (Å²) in [5.41, 5.74) is 2.78. The van der Waals surface area contributed by atoms with E-state index in [2.05, 4.69) is 30.8 Å². The van der Waals surface area contributed by atoms with Gasteiger partial charge in [0.25, 0.3) is 5.56 Å². The number of hydrogen-bond donors (Lipinski definition) is 2. The molecule has 9 nitrogen and oxygen atoms in total. The van der Waals surface area contributed by atoms with E-state index in [1.54, 1.807) is 24.3 Å². The van der Waals surface area contributed by atoms with Gasteiger partial charge in [0.15, 0.2) is 0 Å². The third-order valence-electron chi connectivity index (χ3n) is 4.00.